The monoisotopic (exact) mass is 290 g/mol. The zero-order chi connectivity index (χ0) is 15.4. The summed E-state index contributed by atoms with van der Waals surface area (Å²) < 4.78 is 5.46. The van der Waals surface area contributed by atoms with Crippen LogP contribution in [0.5, 0.6) is 5.75 Å². The average Bonchev–Trinajstić information content (AvgIpc) is 2.51. The highest BCUT2D eigenvalue weighted by atomic mass is 16.5. The molecule has 1 aromatic carbocycles. The van der Waals surface area contributed by atoms with Crippen LogP contribution in [-0.4, -0.2) is 31.5 Å². The SMILES string of the molecule is CNC(C)c1ccc(OC)c(CN2CCCC(C)C2=O)c1. The first-order chi connectivity index (χ1) is 10.1. The van der Waals surface area contributed by atoms with Gasteiger partial charge < -0.3 is 15.0 Å². The van der Waals surface area contributed by atoms with Crippen molar-refractivity contribution in [3.63, 3.8) is 0 Å². The fourth-order valence-corrected chi connectivity index (χ4v) is 2.85. The Morgan fingerprint density at radius 2 is 2.24 bits per heavy atom. The number of hydrogen-bond acceptors (Lipinski definition) is 3. The Kier molecular flexibility index (Phi) is 5.23. The number of amides is 1. The fourth-order valence-electron chi connectivity index (χ4n) is 2.85. The summed E-state index contributed by atoms with van der Waals surface area (Å²) in [5.74, 6) is 1.26. The number of ether oxygens (including phenoxy) is 1. The van der Waals surface area contributed by atoms with E-state index in [4.69, 9.17) is 4.74 Å². The summed E-state index contributed by atoms with van der Waals surface area (Å²) in [7, 11) is 3.63. The van der Waals surface area contributed by atoms with Crippen LogP contribution in [0, 0.1) is 5.92 Å². The molecule has 1 saturated heterocycles. The molecule has 4 heteroatoms. The molecule has 1 aliphatic rings. The van der Waals surface area contributed by atoms with Gasteiger partial charge in [0.1, 0.15) is 5.75 Å². The third kappa shape index (κ3) is 3.56. The maximum absolute atomic E-state index is 12.3. The Balaban J connectivity index is 2.22. The minimum absolute atomic E-state index is 0.143. The third-order valence-electron chi connectivity index (χ3n) is 4.40. The minimum Gasteiger partial charge on any atom is -0.496 e. The Bertz CT molecular complexity index is 502. The molecule has 1 aromatic rings. The predicted molar refractivity (Wildman–Crippen MR) is 84.3 cm³/mol. The summed E-state index contributed by atoms with van der Waals surface area (Å²) >= 11 is 0. The first kappa shape index (κ1) is 15.8. The van der Waals surface area contributed by atoms with Crippen LogP contribution in [-0.2, 0) is 11.3 Å². The lowest BCUT2D eigenvalue weighted by Gasteiger charge is -2.31. The minimum atomic E-state index is 0.143. The summed E-state index contributed by atoms with van der Waals surface area (Å²) in [5.41, 5.74) is 2.30. The predicted octanol–water partition coefficient (Wildman–Crippen LogP) is 2.73. The molecule has 0 spiro atoms. The van der Waals surface area contributed by atoms with Crippen LogP contribution in [0.2, 0.25) is 0 Å². The lowest BCUT2D eigenvalue weighted by molar-refractivity contribution is -0.138. The molecule has 1 amide bonds. The molecule has 1 fully saturated rings. The van der Waals surface area contributed by atoms with Gasteiger partial charge in [-0.1, -0.05) is 13.0 Å². The first-order valence-corrected chi connectivity index (χ1v) is 7.69. The Labute approximate surface area is 127 Å². The van der Waals surface area contributed by atoms with E-state index in [1.54, 1.807) is 7.11 Å². The maximum atomic E-state index is 12.3. The number of piperidine rings is 1. The molecule has 0 saturated carbocycles. The number of carbonyl (C=O) groups is 1. The van der Waals surface area contributed by atoms with Gasteiger partial charge in [0.05, 0.1) is 7.11 Å². The zero-order valence-corrected chi connectivity index (χ0v) is 13.5. The summed E-state index contributed by atoms with van der Waals surface area (Å²) in [4.78, 5) is 14.2. The molecule has 4 nitrogen and oxygen atoms in total. The number of likely N-dealkylation sites (tertiary alicyclic amines) is 1. The van der Waals surface area contributed by atoms with Gasteiger partial charge in [-0.15, -0.1) is 0 Å². The molecule has 2 rings (SSSR count). The highest BCUT2D eigenvalue weighted by Gasteiger charge is 2.25. The molecular formula is C17H26N2O2. The lowest BCUT2D eigenvalue weighted by atomic mass is 9.98. The second-order valence-corrected chi connectivity index (χ2v) is 5.88. The standard InChI is InChI=1S/C17H26N2O2/c1-12-6-5-9-19(17(12)20)11-15-10-14(13(2)18-3)7-8-16(15)21-4/h7-8,10,12-13,18H,5-6,9,11H2,1-4H3. The molecule has 0 bridgehead atoms. The second-order valence-electron chi connectivity index (χ2n) is 5.88. The van der Waals surface area contributed by atoms with E-state index >= 15 is 0 Å². The van der Waals surface area contributed by atoms with Crippen LogP contribution in [0.25, 0.3) is 0 Å². The molecule has 21 heavy (non-hydrogen) atoms. The van der Waals surface area contributed by atoms with Crippen LogP contribution in [0.1, 0.15) is 43.9 Å². The van der Waals surface area contributed by atoms with E-state index in [-0.39, 0.29) is 17.9 Å². The third-order valence-corrected chi connectivity index (χ3v) is 4.40. The summed E-state index contributed by atoms with van der Waals surface area (Å²) in [6, 6.07) is 6.50. The van der Waals surface area contributed by atoms with Crippen molar-refractivity contribution < 1.29 is 9.53 Å². The number of nitrogens with one attached hydrogen (secondary N) is 1. The summed E-state index contributed by atoms with van der Waals surface area (Å²) in [6.07, 6.45) is 2.09. The van der Waals surface area contributed by atoms with Gasteiger partial charge in [0.2, 0.25) is 5.91 Å². The largest absolute Gasteiger partial charge is 0.496 e. The van der Waals surface area contributed by atoms with Gasteiger partial charge in [-0.25, -0.2) is 0 Å². The van der Waals surface area contributed by atoms with Gasteiger partial charge >= 0.3 is 0 Å². The van der Waals surface area contributed by atoms with Gasteiger partial charge in [-0.3, -0.25) is 4.79 Å². The molecule has 0 aliphatic carbocycles. The molecular weight excluding hydrogens is 264 g/mol. The van der Waals surface area contributed by atoms with E-state index in [0.29, 0.717) is 6.54 Å². The van der Waals surface area contributed by atoms with Crippen LogP contribution < -0.4 is 10.1 Å². The highest BCUT2D eigenvalue weighted by Crippen LogP contribution is 2.27. The second kappa shape index (κ2) is 6.94. The molecule has 116 valence electrons. The van der Waals surface area contributed by atoms with Crippen molar-refractivity contribution in [1.82, 2.24) is 10.2 Å². The smallest absolute Gasteiger partial charge is 0.225 e. The van der Waals surface area contributed by atoms with Crippen molar-refractivity contribution in [3.05, 3.63) is 29.3 Å². The number of hydrogen-bond donors (Lipinski definition) is 1. The van der Waals surface area contributed by atoms with Crippen LogP contribution in [0.15, 0.2) is 18.2 Å². The molecule has 2 atom stereocenters. The number of benzene rings is 1. The molecule has 1 aliphatic heterocycles. The molecule has 0 aromatic heterocycles. The normalized spacial score (nSPS) is 20.5. The zero-order valence-electron chi connectivity index (χ0n) is 13.5. The lowest BCUT2D eigenvalue weighted by Crippen LogP contribution is -2.39. The van der Waals surface area contributed by atoms with E-state index in [0.717, 1.165) is 30.7 Å². The van der Waals surface area contributed by atoms with Crippen molar-refractivity contribution in [2.24, 2.45) is 5.92 Å². The van der Waals surface area contributed by atoms with Gasteiger partial charge in [-0.05, 0) is 44.5 Å². The Morgan fingerprint density at radius 1 is 1.48 bits per heavy atom. The van der Waals surface area contributed by atoms with Crippen molar-refractivity contribution in [2.45, 2.75) is 39.3 Å². The molecule has 0 radical (unpaired) electrons. The van der Waals surface area contributed by atoms with E-state index < -0.39 is 0 Å². The van der Waals surface area contributed by atoms with Crippen molar-refractivity contribution >= 4 is 5.91 Å². The highest BCUT2D eigenvalue weighted by molar-refractivity contribution is 5.79. The van der Waals surface area contributed by atoms with Gasteiger partial charge in [0.25, 0.3) is 0 Å². The van der Waals surface area contributed by atoms with Crippen LogP contribution >= 0.6 is 0 Å². The van der Waals surface area contributed by atoms with Gasteiger partial charge in [-0.2, -0.15) is 0 Å². The Morgan fingerprint density at radius 3 is 2.90 bits per heavy atom. The van der Waals surface area contributed by atoms with Crippen LogP contribution in [0.3, 0.4) is 0 Å². The number of nitrogens with zero attached hydrogens (tertiary/aromatic N) is 1. The number of carbonyl (C=O) groups excluding carboxylic acids is 1. The Hall–Kier alpha value is -1.55. The molecule has 2 unspecified atom stereocenters. The van der Waals surface area contributed by atoms with Crippen molar-refractivity contribution in [3.8, 4) is 5.75 Å². The van der Waals surface area contributed by atoms with Gasteiger partial charge in [0.15, 0.2) is 0 Å². The maximum Gasteiger partial charge on any atom is 0.225 e. The summed E-state index contributed by atoms with van der Waals surface area (Å²) in [6.45, 7) is 5.62. The van der Waals surface area contributed by atoms with Crippen molar-refractivity contribution in [2.75, 3.05) is 20.7 Å². The van der Waals surface area contributed by atoms with E-state index in [1.807, 2.05) is 24.9 Å². The van der Waals surface area contributed by atoms with E-state index in [1.165, 1.54) is 5.56 Å². The fraction of sp³-hybridized carbons (Fsp3) is 0.588. The van der Waals surface area contributed by atoms with E-state index in [9.17, 15) is 4.79 Å². The number of methoxy groups -OCH3 is 1. The summed E-state index contributed by atoms with van der Waals surface area (Å²) in [5, 5.41) is 3.24. The topological polar surface area (TPSA) is 41.6 Å². The van der Waals surface area contributed by atoms with Crippen molar-refractivity contribution in [1.29, 1.82) is 0 Å². The number of rotatable bonds is 5. The van der Waals surface area contributed by atoms with E-state index in [2.05, 4.69) is 24.4 Å². The molecule has 1 N–H and O–H groups in total. The quantitative estimate of drug-likeness (QED) is 0.906. The first-order valence-electron chi connectivity index (χ1n) is 7.69. The average molecular weight is 290 g/mol. The van der Waals surface area contributed by atoms with Gasteiger partial charge in [0, 0.05) is 30.6 Å². The van der Waals surface area contributed by atoms with Crippen LogP contribution in [0.4, 0.5) is 0 Å². The molecule has 1 heterocycles.